The minimum absolute atomic E-state index is 0.0615. The van der Waals surface area contributed by atoms with Crippen molar-refractivity contribution in [1.82, 2.24) is 4.90 Å². The van der Waals surface area contributed by atoms with E-state index in [4.69, 9.17) is 6.42 Å². The summed E-state index contributed by atoms with van der Waals surface area (Å²) in [4.78, 5) is 24.7. The number of Topliss-reactive ketones (excluding diaryl/α,β-unsaturated/α-hetero) is 1. The summed E-state index contributed by atoms with van der Waals surface area (Å²) in [6.07, 6.45) is 6.45. The number of rotatable bonds is 2. The van der Waals surface area contributed by atoms with Crippen molar-refractivity contribution in [3.05, 3.63) is 0 Å². The van der Waals surface area contributed by atoms with Gasteiger partial charge < -0.3 is 4.90 Å². The summed E-state index contributed by atoms with van der Waals surface area (Å²) in [5.41, 5.74) is 0. The number of carbonyl (C=O) groups excluding carboxylic acids is 2. The highest BCUT2D eigenvalue weighted by molar-refractivity contribution is 6.03. The lowest BCUT2D eigenvalue weighted by atomic mass is 9.96. The van der Waals surface area contributed by atoms with E-state index in [2.05, 4.69) is 5.92 Å². The van der Waals surface area contributed by atoms with E-state index < -0.39 is 5.92 Å². The lowest BCUT2D eigenvalue weighted by molar-refractivity contribution is -0.139. The average Bonchev–Trinajstić information content (AvgIpc) is 2.46. The molecule has 0 heterocycles. The molecule has 0 aliphatic heterocycles. The minimum Gasteiger partial charge on any atom is -0.334 e. The summed E-state index contributed by atoms with van der Waals surface area (Å²) in [7, 11) is 1.64. The lowest BCUT2D eigenvalue weighted by Gasteiger charge is -2.20. The van der Waals surface area contributed by atoms with Crippen LogP contribution in [0.1, 0.15) is 19.8 Å². The van der Waals surface area contributed by atoms with Gasteiger partial charge in [-0.15, -0.1) is 6.42 Å². The molecular formula is C11H15NO2. The van der Waals surface area contributed by atoms with Crippen LogP contribution in [0.15, 0.2) is 0 Å². The van der Waals surface area contributed by atoms with Gasteiger partial charge in [-0.2, -0.15) is 0 Å². The third kappa shape index (κ3) is 1.95. The molecule has 0 unspecified atom stereocenters. The van der Waals surface area contributed by atoms with E-state index in [0.29, 0.717) is 6.42 Å². The molecule has 0 N–H and O–H groups in total. The van der Waals surface area contributed by atoms with Gasteiger partial charge in [-0.3, -0.25) is 9.59 Å². The van der Waals surface area contributed by atoms with Crippen LogP contribution in [0.5, 0.6) is 0 Å². The van der Waals surface area contributed by atoms with E-state index in [1.165, 1.54) is 4.90 Å². The molecular weight excluding hydrogens is 178 g/mol. The van der Waals surface area contributed by atoms with Gasteiger partial charge in [-0.05, 0) is 12.3 Å². The molecule has 0 aromatic heterocycles. The van der Waals surface area contributed by atoms with Crippen LogP contribution in [0.3, 0.4) is 0 Å². The van der Waals surface area contributed by atoms with Gasteiger partial charge in [0.05, 0.1) is 12.5 Å². The zero-order chi connectivity index (χ0) is 10.7. The van der Waals surface area contributed by atoms with Crippen LogP contribution in [0.2, 0.25) is 0 Å². The maximum Gasteiger partial charge on any atom is 0.233 e. The van der Waals surface area contributed by atoms with Crippen molar-refractivity contribution in [1.29, 1.82) is 0 Å². The molecule has 0 saturated heterocycles. The summed E-state index contributed by atoms with van der Waals surface area (Å²) in [6.45, 7) is 2.21. The molecule has 1 saturated carbocycles. The molecule has 14 heavy (non-hydrogen) atoms. The fourth-order valence-electron chi connectivity index (χ4n) is 1.84. The predicted octanol–water partition coefficient (Wildman–Crippen LogP) is 0.693. The second-order valence-electron chi connectivity index (χ2n) is 3.86. The van der Waals surface area contributed by atoms with Crippen LogP contribution in [0, 0.1) is 24.2 Å². The zero-order valence-electron chi connectivity index (χ0n) is 8.62. The van der Waals surface area contributed by atoms with Crippen molar-refractivity contribution in [3.8, 4) is 12.3 Å². The number of terminal acetylenes is 1. The Kier molecular flexibility index (Phi) is 3.29. The molecule has 1 fully saturated rings. The second-order valence-corrected chi connectivity index (χ2v) is 3.86. The second kappa shape index (κ2) is 4.28. The van der Waals surface area contributed by atoms with Gasteiger partial charge in [0.1, 0.15) is 5.78 Å². The molecule has 0 aromatic carbocycles. The topological polar surface area (TPSA) is 37.4 Å². The van der Waals surface area contributed by atoms with Crippen molar-refractivity contribution in [3.63, 3.8) is 0 Å². The monoisotopic (exact) mass is 193 g/mol. The molecule has 2 atom stereocenters. The SMILES string of the molecule is C#CCN(C)C(=O)[C@@H]1C(=O)CC[C@H]1C. The molecule has 0 bridgehead atoms. The van der Waals surface area contributed by atoms with Crippen LogP contribution in [-0.4, -0.2) is 30.2 Å². The Hall–Kier alpha value is -1.30. The summed E-state index contributed by atoms with van der Waals surface area (Å²) in [5, 5.41) is 0. The van der Waals surface area contributed by atoms with Crippen LogP contribution < -0.4 is 0 Å². The quantitative estimate of drug-likeness (QED) is 0.478. The fourth-order valence-corrected chi connectivity index (χ4v) is 1.84. The molecule has 0 aromatic rings. The Morgan fingerprint density at radius 1 is 1.71 bits per heavy atom. The standard InChI is InChI=1S/C11H15NO2/c1-4-7-12(3)11(14)10-8(2)5-6-9(10)13/h1,8,10H,5-7H2,2-3H3/t8-,10+/m1/s1. The number of amides is 1. The van der Waals surface area contributed by atoms with Gasteiger partial charge >= 0.3 is 0 Å². The van der Waals surface area contributed by atoms with Crippen LogP contribution in [0.25, 0.3) is 0 Å². The molecule has 1 aliphatic carbocycles. The van der Waals surface area contributed by atoms with Crippen LogP contribution in [-0.2, 0) is 9.59 Å². The first-order valence-electron chi connectivity index (χ1n) is 4.79. The zero-order valence-corrected chi connectivity index (χ0v) is 8.62. The maximum absolute atomic E-state index is 11.8. The van der Waals surface area contributed by atoms with Gasteiger partial charge in [-0.1, -0.05) is 12.8 Å². The fraction of sp³-hybridized carbons (Fsp3) is 0.636. The largest absolute Gasteiger partial charge is 0.334 e. The Labute approximate surface area is 84.5 Å². The molecule has 1 aliphatic rings. The average molecular weight is 193 g/mol. The number of hydrogen-bond donors (Lipinski definition) is 0. The van der Waals surface area contributed by atoms with Crippen molar-refractivity contribution >= 4 is 11.7 Å². The van der Waals surface area contributed by atoms with E-state index in [1.54, 1.807) is 7.05 Å². The first-order valence-corrected chi connectivity index (χ1v) is 4.79. The highest BCUT2D eigenvalue weighted by Gasteiger charge is 2.38. The number of nitrogens with zero attached hydrogens (tertiary/aromatic N) is 1. The van der Waals surface area contributed by atoms with Gasteiger partial charge in [0.25, 0.3) is 0 Å². The van der Waals surface area contributed by atoms with Gasteiger partial charge in [0.15, 0.2) is 0 Å². The normalized spacial score (nSPS) is 25.9. The third-order valence-corrected chi connectivity index (χ3v) is 2.73. The first kappa shape index (κ1) is 10.8. The van der Waals surface area contributed by atoms with Crippen molar-refractivity contribution < 1.29 is 9.59 Å². The van der Waals surface area contributed by atoms with Crippen LogP contribution in [0.4, 0.5) is 0 Å². The highest BCUT2D eigenvalue weighted by atomic mass is 16.2. The van der Waals surface area contributed by atoms with E-state index in [0.717, 1.165) is 6.42 Å². The summed E-state index contributed by atoms with van der Waals surface area (Å²) in [5.74, 6) is 2.04. The lowest BCUT2D eigenvalue weighted by Crippen LogP contribution is -2.37. The van der Waals surface area contributed by atoms with Gasteiger partial charge in [-0.25, -0.2) is 0 Å². The molecule has 0 spiro atoms. The molecule has 3 nitrogen and oxygen atoms in total. The van der Waals surface area contributed by atoms with E-state index in [1.807, 2.05) is 6.92 Å². The number of hydrogen-bond acceptors (Lipinski definition) is 2. The Bertz CT molecular complexity index is 290. The summed E-state index contributed by atoms with van der Waals surface area (Å²) in [6, 6.07) is 0. The third-order valence-electron chi connectivity index (χ3n) is 2.73. The molecule has 1 rings (SSSR count). The number of ketones is 1. The van der Waals surface area contributed by atoms with Crippen molar-refractivity contribution in [2.75, 3.05) is 13.6 Å². The van der Waals surface area contributed by atoms with Crippen molar-refractivity contribution in [2.24, 2.45) is 11.8 Å². The molecule has 3 heteroatoms. The molecule has 1 amide bonds. The van der Waals surface area contributed by atoms with E-state index in [-0.39, 0.29) is 24.2 Å². The Morgan fingerprint density at radius 2 is 2.36 bits per heavy atom. The molecule has 76 valence electrons. The summed E-state index contributed by atoms with van der Waals surface area (Å²) < 4.78 is 0. The summed E-state index contributed by atoms with van der Waals surface area (Å²) >= 11 is 0. The smallest absolute Gasteiger partial charge is 0.233 e. The van der Waals surface area contributed by atoms with Crippen molar-refractivity contribution in [2.45, 2.75) is 19.8 Å². The Morgan fingerprint density at radius 3 is 2.79 bits per heavy atom. The molecule has 0 radical (unpaired) electrons. The minimum atomic E-state index is -0.451. The Balaban J connectivity index is 2.69. The number of carbonyl (C=O) groups is 2. The van der Waals surface area contributed by atoms with Gasteiger partial charge in [0, 0.05) is 13.5 Å². The maximum atomic E-state index is 11.8. The van der Waals surface area contributed by atoms with Gasteiger partial charge in [0.2, 0.25) is 5.91 Å². The highest BCUT2D eigenvalue weighted by Crippen LogP contribution is 2.29. The first-order chi connectivity index (χ1) is 6.57. The van der Waals surface area contributed by atoms with E-state index in [9.17, 15) is 9.59 Å². The van der Waals surface area contributed by atoms with Crippen LogP contribution >= 0.6 is 0 Å². The predicted molar refractivity (Wildman–Crippen MR) is 53.4 cm³/mol. The van der Waals surface area contributed by atoms with E-state index >= 15 is 0 Å².